The van der Waals surface area contributed by atoms with Crippen molar-refractivity contribution in [3.05, 3.63) is 23.8 Å². The number of methoxy groups -OCH3 is 2. The number of rotatable bonds is 18. The number of aliphatic hydroxyl groups excluding tert-OH is 1. The molecular formula is C30H52N2O6. The van der Waals surface area contributed by atoms with Crippen LogP contribution in [0.15, 0.2) is 18.2 Å². The lowest BCUT2D eigenvalue weighted by molar-refractivity contribution is -0.127. The fraction of sp³-hybridized carbons (Fsp3) is 0.767. The van der Waals surface area contributed by atoms with Crippen LogP contribution in [0.3, 0.4) is 0 Å². The maximum Gasteiger partial charge on any atom is 0.223 e. The van der Waals surface area contributed by atoms with Crippen molar-refractivity contribution < 1.29 is 28.8 Å². The van der Waals surface area contributed by atoms with Gasteiger partial charge in [0.15, 0.2) is 11.5 Å². The fourth-order valence-electron chi connectivity index (χ4n) is 4.98. The normalized spacial score (nSPS) is 18.8. The van der Waals surface area contributed by atoms with Crippen LogP contribution in [0.4, 0.5) is 0 Å². The average molecular weight is 537 g/mol. The topological polar surface area (TPSA) is 112 Å². The minimum absolute atomic E-state index is 0.00480. The van der Waals surface area contributed by atoms with E-state index in [0.717, 1.165) is 37.2 Å². The molecule has 2 rings (SSSR count). The first-order valence-electron chi connectivity index (χ1n) is 14.2. The third-order valence-electron chi connectivity index (χ3n) is 7.71. The minimum Gasteiger partial charge on any atom is -0.493 e. The summed E-state index contributed by atoms with van der Waals surface area (Å²) in [5.74, 6) is 2.27. The highest BCUT2D eigenvalue weighted by Crippen LogP contribution is 2.32. The van der Waals surface area contributed by atoms with Crippen molar-refractivity contribution in [2.24, 2.45) is 35.3 Å². The van der Waals surface area contributed by atoms with Gasteiger partial charge in [-0.1, -0.05) is 33.8 Å². The predicted octanol–water partition coefficient (Wildman–Crippen LogP) is 3.82. The first kappa shape index (κ1) is 32.3. The molecule has 0 spiro atoms. The summed E-state index contributed by atoms with van der Waals surface area (Å²) >= 11 is 0. The summed E-state index contributed by atoms with van der Waals surface area (Å²) in [5.41, 5.74) is 7.69. The van der Waals surface area contributed by atoms with Gasteiger partial charge in [-0.15, -0.1) is 0 Å². The third kappa shape index (κ3) is 10.7. The van der Waals surface area contributed by atoms with Crippen LogP contribution < -0.4 is 20.5 Å². The van der Waals surface area contributed by atoms with Crippen molar-refractivity contribution in [1.82, 2.24) is 5.32 Å². The van der Waals surface area contributed by atoms with Gasteiger partial charge in [0, 0.05) is 51.2 Å². The zero-order valence-electron chi connectivity index (χ0n) is 24.4. The number of benzene rings is 1. The number of aliphatic hydroxyl groups is 1. The molecule has 218 valence electrons. The van der Waals surface area contributed by atoms with Gasteiger partial charge >= 0.3 is 0 Å². The van der Waals surface area contributed by atoms with E-state index in [1.54, 1.807) is 14.2 Å². The lowest BCUT2D eigenvalue weighted by Crippen LogP contribution is -2.43. The van der Waals surface area contributed by atoms with Crippen molar-refractivity contribution in [3.8, 4) is 11.5 Å². The molecule has 1 aliphatic heterocycles. The Morgan fingerprint density at radius 2 is 1.89 bits per heavy atom. The quantitative estimate of drug-likeness (QED) is 0.245. The second-order valence-electron chi connectivity index (χ2n) is 11.4. The van der Waals surface area contributed by atoms with Gasteiger partial charge in [0.25, 0.3) is 0 Å². The molecule has 4 N–H and O–H groups in total. The average Bonchev–Trinajstić information content (AvgIpc) is 3.41. The summed E-state index contributed by atoms with van der Waals surface area (Å²) in [6.07, 6.45) is 2.87. The predicted molar refractivity (Wildman–Crippen MR) is 150 cm³/mol. The number of hydrogen-bond donors (Lipinski definition) is 3. The molecule has 0 radical (unpaired) electrons. The molecule has 0 bridgehead atoms. The molecule has 38 heavy (non-hydrogen) atoms. The Bertz CT molecular complexity index is 812. The first-order valence-corrected chi connectivity index (χ1v) is 14.2. The number of carbonyl (C=O) groups excluding carboxylic acids is 1. The number of carbonyl (C=O) groups is 1. The van der Waals surface area contributed by atoms with Gasteiger partial charge in [-0.05, 0) is 61.1 Å². The molecule has 8 nitrogen and oxygen atoms in total. The number of hydrogen-bond acceptors (Lipinski definition) is 7. The highest BCUT2D eigenvalue weighted by atomic mass is 16.5. The van der Waals surface area contributed by atoms with Gasteiger partial charge in [-0.25, -0.2) is 0 Å². The van der Waals surface area contributed by atoms with E-state index in [1.165, 1.54) is 0 Å². The Labute approximate surface area is 229 Å². The van der Waals surface area contributed by atoms with Crippen molar-refractivity contribution in [3.63, 3.8) is 0 Å². The SMILES string of the molecule is COCCCOc1cc(CC(C[C@H](N)C(O)CC(C(=O)NCC2CCOC2)C(C)C)C(C)C)ccc1OC. The second kappa shape index (κ2) is 17.0. The van der Waals surface area contributed by atoms with Crippen molar-refractivity contribution >= 4 is 5.91 Å². The van der Waals surface area contributed by atoms with E-state index in [-0.39, 0.29) is 23.7 Å². The van der Waals surface area contributed by atoms with E-state index in [2.05, 4.69) is 25.2 Å². The first-order chi connectivity index (χ1) is 18.2. The van der Waals surface area contributed by atoms with E-state index in [0.29, 0.717) is 56.8 Å². The zero-order chi connectivity index (χ0) is 28.1. The molecule has 1 fully saturated rings. The van der Waals surface area contributed by atoms with Gasteiger partial charge in [-0.3, -0.25) is 4.79 Å². The molecule has 0 aliphatic carbocycles. The van der Waals surface area contributed by atoms with E-state index in [9.17, 15) is 9.90 Å². The number of ether oxygens (including phenoxy) is 4. The van der Waals surface area contributed by atoms with Crippen molar-refractivity contribution in [1.29, 1.82) is 0 Å². The largest absolute Gasteiger partial charge is 0.493 e. The molecule has 1 aromatic carbocycles. The van der Waals surface area contributed by atoms with Crippen LogP contribution in [-0.2, 0) is 20.7 Å². The summed E-state index contributed by atoms with van der Waals surface area (Å²) in [7, 11) is 3.32. The zero-order valence-corrected chi connectivity index (χ0v) is 24.4. The second-order valence-corrected chi connectivity index (χ2v) is 11.4. The number of nitrogens with two attached hydrogens (primary N) is 1. The third-order valence-corrected chi connectivity index (χ3v) is 7.71. The van der Waals surface area contributed by atoms with Crippen LogP contribution in [0.5, 0.6) is 11.5 Å². The Morgan fingerprint density at radius 1 is 1.13 bits per heavy atom. The Hall–Kier alpha value is -1.87. The summed E-state index contributed by atoms with van der Waals surface area (Å²) in [6, 6.07) is 5.63. The standard InChI is InChI=1S/C30H52N2O6/c1-20(2)24(14-22-8-9-28(36-6)29(15-22)38-12-7-11-35-5)16-26(31)27(33)17-25(21(3)4)30(34)32-18-23-10-13-37-19-23/h8-9,15,20-21,23-27,33H,7,10-14,16-19,31H2,1-6H3,(H,32,34)/t23?,24?,25?,26-,27?/m0/s1. The van der Waals surface area contributed by atoms with Gasteiger partial charge in [0.05, 0.1) is 26.4 Å². The molecule has 8 heteroatoms. The molecule has 1 amide bonds. The summed E-state index contributed by atoms with van der Waals surface area (Å²) in [4.78, 5) is 12.9. The Kier molecular flexibility index (Phi) is 14.4. The Balaban J connectivity index is 1.97. The van der Waals surface area contributed by atoms with Crippen LogP contribution >= 0.6 is 0 Å². The molecule has 0 saturated carbocycles. The van der Waals surface area contributed by atoms with Gasteiger partial charge in [-0.2, -0.15) is 0 Å². The van der Waals surface area contributed by atoms with Crippen molar-refractivity contribution in [2.75, 3.05) is 47.2 Å². The molecule has 5 atom stereocenters. The van der Waals surface area contributed by atoms with Crippen LogP contribution in [0.1, 0.15) is 58.9 Å². The number of nitrogens with one attached hydrogen (secondary N) is 1. The monoisotopic (exact) mass is 536 g/mol. The van der Waals surface area contributed by atoms with E-state index >= 15 is 0 Å². The van der Waals surface area contributed by atoms with Gasteiger partial charge in [0.2, 0.25) is 5.91 Å². The molecule has 1 aromatic rings. The summed E-state index contributed by atoms with van der Waals surface area (Å²) < 4.78 is 22.0. The molecule has 1 aliphatic rings. The highest BCUT2D eigenvalue weighted by molar-refractivity contribution is 5.78. The lowest BCUT2D eigenvalue weighted by atomic mass is 9.80. The molecule has 0 aromatic heterocycles. The maximum atomic E-state index is 12.9. The Morgan fingerprint density at radius 3 is 2.50 bits per heavy atom. The highest BCUT2D eigenvalue weighted by Gasteiger charge is 2.30. The van der Waals surface area contributed by atoms with E-state index < -0.39 is 12.1 Å². The molecule has 1 saturated heterocycles. The smallest absolute Gasteiger partial charge is 0.223 e. The van der Waals surface area contributed by atoms with Gasteiger partial charge in [0.1, 0.15) is 0 Å². The van der Waals surface area contributed by atoms with Crippen LogP contribution in [0.25, 0.3) is 0 Å². The van der Waals surface area contributed by atoms with Crippen LogP contribution in [0.2, 0.25) is 0 Å². The van der Waals surface area contributed by atoms with Crippen molar-refractivity contribution in [2.45, 2.75) is 71.9 Å². The molecule has 4 unspecified atom stereocenters. The van der Waals surface area contributed by atoms with Crippen LogP contribution in [0, 0.1) is 29.6 Å². The molecular weight excluding hydrogens is 484 g/mol. The summed E-state index contributed by atoms with van der Waals surface area (Å²) in [6.45, 7) is 11.7. The fourth-order valence-corrected chi connectivity index (χ4v) is 4.98. The number of amides is 1. The van der Waals surface area contributed by atoms with Crippen LogP contribution in [-0.4, -0.2) is 70.4 Å². The van der Waals surface area contributed by atoms with E-state index in [4.69, 9.17) is 24.7 Å². The molecule has 1 heterocycles. The van der Waals surface area contributed by atoms with E-state index in [1.807, 2.05) is 26.0 Å². The minimum atomic E-state index is -0.750. The maximum absolute atomic E-state index is 12.9. The lowest BCUT2D eigenvalue weighted by Gasteiger charge is -2.30. The summed E-state index contributed by atoms with van der Waals surface area (Å²) in [5, 5.41) is 14.1. The van der Waals surface area contributed by atoms with Gasteiger partial charge < -0.3 is 35.1 Å².